The van der Waals surface area contributed by atoms with Crippen molar-refractivity contribution in [3.05, 3.63) is 209 Å². The SMILES string of the molecule is c1ccc2c(c1)-c1ccccc1C21c2cccc3c2C2(c4c1ccc1c4c4n(c5ccccc5[n+]42)c2c4ccccc4c4ccccc4c12)[n+]1ccccc1-3. The lowest BCUT2D eigenvalue weighted by Crippen LogP contribution is -2.73. The number of aromatic nitrogens is 3. The molecule has 8 aromatic carbocycles. The van der Waals surface area contributed by atoms with Crippen molar-refractivity contribution in [3.63, 3.8) is 0 Å². The van der Waals surface area contributed by atoms with Gasteiger partial charge in [0.05, 0.1) is 27.5 Å². The maximum Gasteiger partial charge on any atom is 0.365 e. The molecule has 2 aliphatic heterocycles. The van der Waals surface area contributed by atoms with Crippen LogP contribution < -0.4 is 9.13 Å². The van der Waals surface area contributed by atoms with E-state index in [0.717, 1.165) is 0 Å². The molecule has 0 amide bonds. The van der Waals surface area contributed by atoms with Crippen molar-refractivity contribution in [1.82, 2.24) is 4.40 Å². The lowest BCUT2D eigenvalue weighted by molar-refractivity contribution is -0.940. The van der Waals surface area contributed by atoms with E-state index in [1.54, 1.807) is 0 Å². The number of imidazole rings is 1. The highest BCUT2D eigenvalue weighted by Crippen LogP contribution is 2.66. The molecule has 0 N–H and O–H groups in total. The van der Waals surface area contributed by atoms with E-state index in [-0.39, 0.29) is 0 Å². The third-order valence-electron chi connectivity index (χ3n) is 13.9. The molecule has 0 saturated carbocycles. The van der Waals surface area contributed by atoms with Crippen molar-refractivity contribution in [2.75, 3.05) is 0 Å². The topological polar surface area (TPSA) is 12.2 Å². The second-order valence-electron chi connectivity index (χ2n) is 15.9. The zero-order valence-electron chi connectivity index (χ0n) is 29.6. The van der Waals surface area contributed by atoms with Gasteiger partial charge in [0.25, 0.3) is 0 Å². The Morgan fingerprint density at radius 2 is 1.04 bits per heavy atom. The summed E-state index contributed by atoms with van der Waals surface area (Å²) in [5.74, 6) is 0. The molecule has 3 heteroatoms. The zero-order chi connectivity index (χ0) is 35.4. The summed E-state index contributed by atoms with van der Waals surface area (Å²) in [7, 11) is 0. The third kappa shape index (κ3) is 2.62. The van der Waals surface area contributed by atoms with Gasteiger partial charge in [-0.1, -0.05) is 133 Å². The Balaban J connectivity index is 1.31. The fourth-order valence-corrected chi connectivity index (χ4v) is 12.3. The highest BCUT2D eigenvalue weighted by atomic mass is 15.3. The van der Waals surface area contributed by atoms with Crippen LogP contribution in [-0.2, 0) is 11.1 Å². The molecule has 0 radical (unpaired) electrons. The summed E-state index contributed by atoms with van der Waals surface area (Å²) in [6, 6.07) is 64.6. The fourth-order valence-electron chi connectivity index (χ4n) is 12.3. The first kappa shape index (κ1) is 27.5. The quantitative estimate of drug-likeness (QED) is 0.111. The number of pyridine rings is 2. The predicted molar refractivity (Wildman–Crippen MR) is 220 cm³/mol. The van der Waals surface area contributed by atoms with Crippen LogP contribution in [0.1, 0.15) is 33.4 Å². The van der Waals surface area contributed by atoms with Crippen molar-refractivity contribution >= 4 is 59.9 Å². The van der Waals surface area contributed by atoms with Gasteiger partial charge in [-0.05, 0) is 73.8 Å². The molecule has 1 unspecified atom stereocenters. The van der Waals surface area contributed by atoms with Gasteiger partial charge < -0.3 is 0 Å². The summed E-state index contributed by atoms with van der Waals surface area (Å²) < 4.78 is 8.00. The Kier molecular flexibility index (Phi) is 4.40. The van der Waals surface area contributed by atoms with Crippen LogP contribution >= 0.6 is 0 Å². The molecule has 4 aliphatic rings. The van der Waals surface area contributed by atoms with Crippen LogP contribution in [0.4, 0.5) is 0 Å². The summed E-state index contributed by atoms with van der Waals surface area (Å²) in [6.07, 6.45) is 2.35. The highest BCUT2D eigenvalue weighted by Gasteiger charge is 2.72. The molecule has 5 heterocycles. The summed E-state index contributed by atoms with van der Waals surface area (Å²) in [6.45, 7) is 0. The number of hydrogen-bond donors (Lipinski definition) is 0. The number of fused-ring (bicyclic) bond motifs is 20. The average molecular weight is 696 g/mol. The van der Waals surface area contributed by atoms with Crippen LogP contribution in [0.5, 0.6) is 0 Å². The maximum atomic E-state index is 2.74. The van der Waals surface area contributed by atoms with Crippen LogP contribution in [0, 0.1) is 0 Å². The summed E-state index contributed by atoms with van der Waals surface area (Å²) in [5.41, 5.74) is 17.4. The van der Waals surface area contributed by atoms with Crippen LogP contribution in [0.15, 0.2) is 176 Å². The number of benzene rings is 8. The van der Waals surface area contributed by atoms with Crippen molar-refractivity contribution in [2.24, 2.45) is 0 Å². The largest absolute Gasteiger partial charge is 0.365 e. The smallest absolute Gasteiger partial charge is 0.186 e. The molecule has 0 saturated heterocycles. The minimum absolute atomic E-state index is 0.495. The molecule has 3 aromatic heterocycles. The molecular formula is C52H29N3+2. The standard InChI is InChI=1S/C52H29N3/c1-3-18-34-30(14-1)31-15-2-4-19-35(31)49-45(34)37-27-28-41-48-46(37)50-54(49)43-25-9-10-26-44(43)55(50)52(48)47-36(42-24-11-12-29-53(42)52)20-13-23-40(47)51(41)38-21-7-5-16-32(38)33-17-6-8-22-39(33)51/h1-29H/q+2. The molecule has 2 spiro atoms. The first-order valence-corrected chi connectivity index (χ1v) is 19.4. The first-order valence-electron chi connectivity index (χ1n) is 19.4. The predicted octanol–water partition coefficient (Wildman–Crippen LogP) is 10.5. The van der Waals surface area contributed by atoms with Crippen molar-refractivity contribution < 1.29 is 9.13 Å². The van der Waals surface area contributed by atoms with Gasteiger partial charge in [0.15, 0.2) is 17.2 Å². The van der Waals surface area contributed by atoms with E-state index in [1.807, 2.05) is 0 Å². The van der Waals surface area contributed by atoms with E-state index in [9.17, 15) is 0 Å². The summed E-state index contributed by atoms with van der Waals surface area (Å²) in [5, 5.41) is 9.16. The molecule has 2 aliphatic carbocycles. The molecule has 1 atom stereocenters. The molecule has 15 rings (SSSR count). The second-order valence-corrected chi connectivity index (χ2v) is 15.9. The maximum absolute atomic E-state index is 2.74. The van der Waals surface area contributed by atoms with Gasteiger partial charge >= 0.3 is 11.3 Å². The Labute approximate surface area is 315 Å². The van der Waals surface area contributed by atoms with E-state index in [0.29, 0.717) is 0 Å². The van der Waals surface area contributed by atoms with Gasteiger partial charge in [-0.25, -0.2) is 0 Å². The Hall–Kier alpha value is -7.10. The van der Waals surface area contributed by atoms with Crippen LogP contribution in [0.25, 0.3) is 82.3 Å². The van der Waals surface area contributed by atoms with Crippen LogP contribution in [0.3, 0.4) is 0 Å². The van der Waals surface area contributed by atoms with Crippen molar-refractivity contribution in [1.29, 1.82) is 0 Å². The number of para-hydroxylation sites is 2. The van der Waals surface area contributed by atoms with Gasteiger partial charge in [0.1, 0.15) is 5.52 Å². The van der Waals surface area contributed by atoms with Gasteiger partial charge in [-0.15, -0.1) is 9.13 Å². The lowest BCUT2D eigenvalue weighted by Gasteiger charge is -2.42. The molecule has 55 heavy (non-hydrogen) atoms. The number of rotatable bonds is 0. The van der Waals surface area contributed by atoms with Gasteiger partial charge in [-0.3, -0.25) is 0 Å². The zero-order valence-corrected chi connectivity index (χ0v) is 29.6. The van der Waals surface area contributed by atoms with E-state index in [4.69, 9.17) is 0 Å². The molecule has 3 nitrogen and oxygen atoms in total. The Morgan fingerprint density at radius 3 is 1.85 bits per heavy atom. The molecule has 0 bridgehead atoms. The Morgan fingerprint density at radius 1 is 0.418 bits per heavy atom. The third-order valence-corrected chi connectivity index (χ3v) is 13.9. The molecule has 250 valence electrons. The molecular weight excluding hydrogens is 667 g/mol. The normalized spacial score (nSPS) is 17.3. The minimum atomic E-state index is -0.644. The summed E-state index contributed by atoms with van der Waals surface area (Å²) in [4.78, 5) is 0. The monoisotopic (exact) mass is 695 g/mol. The number of nitrogens with zero attached hydrogens (tertiary/aromatic N) is 3. The van der Waals surface area contributed by atoms with E-state index in [2.05, 4.69) is 190 Å². The van der Waals surface area contributed by atoms with E-state index in [1.165, 1.54) is 116 Å². The van der Waals surface area contributed by atoms with E-state index >= 15 is 0 Å². The minimum Gasteiger partial charge on any atom is -0.186 e. The van der Waals surface area contributed by atoms with Crippen molar-refractivity contribution in [2.45, 2.75) is 11.1 Å². The van der Waals surface area contributed by atoms with Gasteiger partial charge in [-0.2, -0.15) is 4.40 Å². The van der Waals surface area contributed by atoms with Gasteiger partial charge in [0, 0.05) is 28.3 Å². The first-order chi connectivity index (χ1) is 27.3. The lowest BCUT2D eigenvalue weighted by atomic mass is 9.58. The summed E-state index contributed by atoms with van der Waals surface area (Å²) >= 11 is 0. The molecule has 11 aromatic rings. The Bertz CT molecular complexity index is 3640. The molecule has 0 fully saturated rings. The van der Waals surface area contributed by atoms with Crippen molar-refractivity contribution in [3.8, 4) is 22.4 Å². The second kappa shape index (κ2) is 8.81. The highest BCUT2D eigenvalue weighted by molar-refractivity contribution is 6.33. The van der Waals surface area contributed by atoms with Gasteiger partial charge in [0.2, 0.25) is 5.69 Å². The average Bonchev–Trinajstić information content (AvgIpc) is 3.95. The fraction of sp³-hybridized carbons (Fsp3) is 0.0385. The van der Waals surface area contributed by atoms with Crippen LogP contribution in [0.2, 0.25) is 0 Å². The van der Waals surface area contributed by atoms with E-state index < -0.39 is 11.1 Å². The van der Waals surface area contributed by atoms with Crippen LogP contribution in [-0.4, -0.2) is 4.40 Å². The number of hydrogen-bond acceptors (Lipinski definition) is 0.